The van der Waals surface area contributed by atoms with Crippen molar-refractivity contribution in [2.45, 2.75) is 0 Å². The van der Waals surface area contributed by atoms with Crippen LogP contribution >= 0.6 is 0 Å². The predicted molar refractivity (Wildman–Crippen MR) is 86.9 cm³/mol. The molecule has 2 aromatic carbocycles. The zero-order chi connectivity index (χ0) is 13.8. The molecule has 0 unspecified atom stereocenters. The normalized spacial score (nSPS) is 13.6. The highest BCUT2D eigenvalue weighted by Crippen LogP contribution is 2.28. The number of benzene rings is 2. The Balaban J connectivity index is 1.65. The molecule has 0 saturated carbocycles. The van der Waals surface area contributed by atoms with Crippen molar-refractivity contribution in [2.75, 3.05) is 48.3 Å². The standard InChI is InChI=1S/C17H21N3/c1-19(15-7-3-2-4-8-15)13-14-20-12-11-18-16-9-5-6-10-17(16)20/h2-10,18H,11-14H2,1H3. The molecule has 3 nitrogen and oxygen atoms in total. The molecule has 0 aliphatic carbocycles. The Morgan fingerprint density at radius 3 is 2.65 bits per heavy atom. The molecule has 0 spiro atoms. The fourth-order valence-corrected chi connectivity index (χ4v) is 2.66. The first-order valence-electron chi connectivity index (χ1n) is 7.18. The minimum Gasteiger partial charge on any atom is -0.382 e. The van der Waals surface area contributed by atoms with Gasteiger partial charge in [-0.2, -0.15) is 0 Å². The number of likely N-dealkylation sites (N-methyl/N-ethyl adjacent to an activating group) is 1. The Bertz CT molecular complexity index is 553. The minimum absolute atomic E-state index is 1.02. The number of para-hydroxylation sites is 3. The number of rotatable bonds is 4. The van der Waals surface area contributed by atoms with Gasteiger partial charge in [0.05, 0.1) is 11.4 Å². The molecule has 104 valence electrons. The van der Waals surface area contributed by atoms with Crippen molar-refractivity contribution < 1.29 is 0 Å². The maximum absolute atomic E-state index is 3.46. The van der Waals surface area contributed by atoms with Crippen LogP contribution in [0.4, 0.5) is 17.1 Å². The fraction of sp³-hybridized carbons (Fsp3) is 0.294. The molecular weight excluding hydrogens is 246 g/mol. The van der Waals surface area contributed by atoms with Crippen molar-refractivity contribution >= 4 is 17.1 Å². The zero-order valence-corrected chi connectivity index (χ0v) is 11.9. The van der Waals surface area contributed by atoms with Gasteiger partial charge in [-0.05, 0) is 24.3 Å². The van der Waals surface area contributed by atoms with Crippen molar-refractivity contribution in [1.82, 2.24) is 0 Å². The first kappa shape index (κ1) is 12.9. The summed E-state index contributed by atoms with van der Waals surface area (Å²) in [4.78, 5) is 4.77. The van der Waals surface area contributed by atoms with E-state index in [1.807, 2.05) is 0 Å². The van der Waals surface area contributed by atoms with E-state index in [-0.39, 0.29) is 0 Å². The lowest BCUT2D eigenvalue weighted by Gasteiger charge is -2.33. The molecule has 0 fully saturated rings. The molecule has 20 heavy (non-hydrogen) atoms. The molecule has 2 aromatic rings. The van der Waals surface area contributed by atoms with Crippen LogP contribution in [0.15, 0.2) is 54.6 Å². The van der Waals surface area contributed by atoms with E-state index in [2.05, 4.69) is 76.8 Å². The van der Waals surface area contributed by atoms with Gasteiger partial charge < -0.3 is 15.1 Å². The summed E-state index contributed by atoms with van der Waals surface area (Å²) >= 11 is 0. The summed E-state index contributed by atoms with van der Waals surface area (Å²) in [5.74, 6) is 0. The van der Waals surface area contributed by atoms with Crippen LogP contribution in [0.1, 0.15) is 0 Å². The zero-order valence-electron chi connectivity index (χ0n) is 11.9. The van der Waals surface area contributed by atoms with E-state index in [4.69, 9.17) is 0 Å². The van der Waals surface area contributed by atoms with Crippen LogP contribution in [0.25, 0.3) is 0 Å². The molecule has 3 rings (SSSR count). The van der Waals surface area contributed by atoms with Crippen LogP contribution in [0, 0.1) is 0 Å². The van der Waals surface area contributed by atoms with Crippen LogP contribution in [0.3, 0.4) is 0 Å². The average molecular weight is 267 g/mol. The van der Waals surface area contributed by atoms with E-state index in [1.165, 1.54) is 17.1 Å². The van der Waals surface area contributed by atoms with Gasteiger partial charge in [0, 0.05) is 38.9 Å². The summed E-state index contributed by atoms with van der Waals surface area (Å²) in [5, 5.41) is 3.46. The van der Waals surface area contributed by atoms with Crippen LogP contribution < -0.4 is 15.1 Å². The Morgan fingerprint density at radius 2 is 1.80 bits per heavy atom. The van der Waals surface area contributed by atoms with Crippen molar-refractivity contribution in [1.29, 1.82) is 0 Å². The van der Waals surface area contributed by atoms with Gasteiger partial charge in [-0.25, -0.2) is 0 Å². The van der Waals surface area contributed by atoms with Crippen molar-refractivity contribution in [2.24, 2.45) is 0 Å². The first-order chi connectivity index (χ1) is 9.84. The summed E-state index contributed by atoms with van der Waals surface area (Å²) in [6.45, 7) is 4.16. The Labute approximate surface area is 120 Å². The third kappa shape index (κ3) is 2.72. The lowest BCUT2D eigenvalue weighted by Crippen LogP contribution is -2.39. The second-order valence-electron chi connectivity index (χ2n) is 5.19. The van der Waals surface area contributed by atoms with E-state index in [0.29, 0.717) is 0 Å². The van der Waals surface area contributed by atoms with Gasteiger partial charge in [-0.3, -0.25) is 0 Å². The fourth-order valence-electron chi connectivity index (χ4n) is 2.66. The average Bonchev–Trinajstić information content (AvgIpc) is 2.53. The van der Waals surface area contributed by atoms with E-state index < -0.39 is 0 Å². The first-order valence-corrected chi connectivity index (χ1v) is 7.18. The van der Waals surface area contributed by atoms with Gasteiger partial charge in [0.15, 0.2) is 0 Å². The molecule has 3 heteroatoms. The van der Waals surface area contributed by atoms with Gasteiger partial charge in [0.2, 0.25) is 0 Å². The molecule has 0 radical (unpaired) electrons. The minimum atomic E-state index is 1.02. The molecule has 0 bridgehead atoms. The maximum Gasteiger partial charge on any atom is 0.0603 e. The van der Waals surface area contributed by atoms with Gasteiger partial charge in [0.25, 0.3) is 0 Å². The predicted octanol–water partition coefficient (Wildman–Crippen LogP) is 3.05. The van der Waals surface area contributed by atoms with E-state index in [0.717, 1.165) is 26.2 Å². The quantitative estimate of drug-likeness (QED) is 0.918. The Hall–Kier alpha value is -2.16. The topological polar surface area (TPSA) is 18.5 Å². The van der Waals surface area contributed by atoms with E-state index in [1.54, 1.807) is 0 Å². The lowest BCUT2D eigenvalue weighted by atomic mass is 10.2. The molecule has 0 saturated heterocycles. The highest BCUT2D eigenvalue weighted by atomic mass is 15.2. The Kier molecular flexibility index (Phi) is 3.77. The third-order valence-corrected chi connectivity index (χ3v) is 3.84. The van der Waals surface area contributed by atoms with Crippen LogP contribution in [-0.4, -0.2) is 33.2 Å². The number of nitrogens with zero attached hydrogens (tertiary/aromatic N) is 2. The molecular formula is C17H21N3. The van der Waals surface area contributed by atoms with Crippen molar-refractivity contribution in [3.8, 4) is 0 Å². The third-order valence-electron chi connectivity index (χ3n) is 3.84. The molecule has 1 heterocycles. The van der Waals surface area contributed by atoms with Crippen molar-refractivity contribution in [3.05, 3.63) is 54.6 Å². The van der Waals surface area contributed by atoms with Crippen molar-refractivity contribution in [3.63, 3.8) is 0 Å². The van der Waals surface area contributed by atoms with E-state index >= 15 is 0 Å². The SMILES string of the molecule is CN(CCN1CCNc2ccccc21)c1ccccc1. The second-order valence-corrected chi connectivity index (χ2v) is 5.19. The van der Waals surface area contributed by atoms with Crippen LogP contribution in [0.5, 0.6) is 0 Å². The summed E-state index contributed by atoms with van der Waals surface area (Å²) in [6.07, 6.45) is 0. The van der Waals surface area contributed by atoms with Gasteiger partial charge in [-0.15, -0.1) is 0 Å². The summed E-state index contributed by atoms with van der Waals surface area (Å²) in [5.41, 5.74) is 3.84. The van der Waals surface area contributed by atoms with Crippen LogP contribution in [-0.2, 0) is 0 Å². The maximum atomic E-state index is 3.46. The lowest BCUT2D eigenvalue weighted by molar-refractivity contribution is 0.758. The van der Waals surface area contributed by atoms with E-state index in [9.17, 15) is 0 Å². The largest absolute Gasteiger partial charge is 0.382 e. The number of hydrogen-bond acceptors (Lipinski definition) is 3. The highest BCUT2D eigenvalue weighted by Gasteiger charge is 2.15. The molecule has 1 aliphatic rings. The number of fused-ring (bicyclic) bond motifs is 1. The number of nitrogens with one attached hydrogen (secondary N) is 1. The summed E-state index contributed by atoms with van der Waals surface area (Å²) in [7, 11) is 2.16. The molecule has 1 N–H and O–H groups in total. The molecule has 0 atom stereocenters. The highest BCUT2D eigenvalue weighted by molar-refractivity contribution is 5.72. The van der Waals surface area contributed by atoms with Gasteiger partial charge in [0.1, 0.15) is 0 Å². The summed E-state index contributed by atoms with van der Waals surface area (Å²) < 4.78 is 0. The number of hydrogen-bond donors (Lipinski definition) is 1. The van der Waals surface area contributed by atoms with Crippen LogP contribution in [0.2, 0.25) is 0 Å². The Morgan fingerprint density at radius 1 is 1.05 bits per heavy atom. The summed E-state index contributed by atoms with van der Waals surface area (Å²) in [6, 6.07) is 19.1. The second kappa shape index (κ2) is 5.87. The number of anilines is 3. The van der Waals surface area contributed by atoms with Gasteiger partial charge >= 0.3 is 0 Å². The molecule has 0 amide bonds. The monoisotopic (exact) mass is 267 g/mol. The smallest absolute Gasteiger partial charge is 0.0603 e. The molecule has 1 aliphatic heterocycles. The molecule has 0 aromatic heterocycles. The van der Waals surface area contributed by atoms with Gasteiger partial charge in [-0.1, -0.05) is 30.3 Å².